The maximum absolute atomic E-state index is 10.6. The Balaban J connectivity index is 2.36. The van der Waals surface area contributed by atoms with Crippen LogP contribution in [0.3, 0.4) is 0 Å². The molecule has 5 heteroatoms. The molecular weight excluding hydrogens is 372 g/mol. The van der Waals surface area contributed by atoms with Crippen molar-refractivity contribution in [2.45, 2.75) is 12.0 Å². The maximum atomic E-state index is 10.6. The molecule has 0 saturated carbocycles. The molecule has 3 nitrogen and oxygen atoms in total. The van der Waals surface area contributed by atoms with Crippen LogP contribution >= 0.6 is 31.9 Å². The van der Waals surface area contributed by atoms with Gasteiger partial charge in [0, 0.05) is 33.3 Å². The summed E-state index contributed by atoms with van der Waals surface area (Å²) >= 11 is 6.87. The van der Waals surface area contributed by atoms with Gasteiger partial charge < -0.3 is 10.8 Å². The summed E-state index contributed by atoms with van der Waals surface area (Å²) in [5, 5.41) is 10.6. The zero-order valence-electron chi connectivity index (χ0n) is 10.1. The van der Waals surface area contributed by atoms with Crippen LogP contribution in [0, 0.1) is 0 Å². The van der Waals surface area contributed by atoms with Crippen molar-refractivity contribution in [3.8, 4) is 0 Å². The Bertz CT molecular complexity index is 548. The van der Waals surface area contributed by atoms with Gasteiger partial charge in [-0.25, -0.2) is 0 Å². The van der Waals surface area contributed by atoms with E-state index in [4.69, 9.17) is 5.73 Å². The summed E-state index contributed by atoms with van der Waals surface area (Å²) < 4.78 is 1.78. The van der Waals surface area contributed by atoms with Crippen LogP contribution in [0.1, 0.15) is 23.3 Å². The monoisotopic (exact) mass is 384 g/mol. The molecule has 0 aliphatic carbocycles. The summed E-state index contributed by atoms with van der Waals surface area (Å²) in [6, 6.07) is 11.3. The predicted molar refractivity (Wildman–Crippen MR) is 82.8 cm³/mol. The van der Waals surface area contributed by atoms with Crippen molar-refractivity contribution in [3.05, 3.63) is 62.8 Å². The minimum Gasteiger partial charge on any atom is -0.388 e. The molecule has 0 bridgehead atoms. The number of aliphatic hydroxyl groups excluding tert-OH is 1. The van der Waals surface area contributed by atoms with Crippen LogP contribution in [0.5, 0.6) is 0 Å². The largest absolute Gasteiger partial charge is 0.388 e. The highest BCUT2D eigenvalue weighted by Crippen LogP contribution is 2.34. The number of nitrogens with zero attached hydrogens (tertiary/aromatic N) is 1. The van der Waals surface area contributed by atoms with Crippen LogP contribution in [-0.4, -0.2) is 16.6 Å². The first-order valence-corrected chi connectivity index (χ1v) is 7.46. The third-order valence-corrected chi connectivity index (χ3v) is 4.19. The standard InChI is InChI=1S/C14H14Br2N2O/c15-9-4-5-12(16)10(7-9)14(19)11(8-17)13-3-1-2-6-18-13/h1-7,11,14,19H,8,17H2. The fourth-order valence-electron chi connectivity index (χ4n) is 1.96. The number of halogens is 2. The van der Waals surface area contributed by atoms with Crippen LogP contribution in [-0.2, 0) is 0 Å². The van der Waals surface area contributed by atoms with Gasteiger partial charge >= 0.3 is 0 Å². The van der Waals surface area contributed by atoms with E-state index in [0.29, 0.717) is 6.54 Å². The van der Waals surface area contributed by atoms with Crippen LogP contribution in [0.15, 0.2) is 51.5 Å². The highest BCUT2D eigenvalue weighted by molar-refractivity contribution is 9.11. The summed E-state index contributed by atoms with van der Waals surface area (Å²) in [5.74, 6) is -0.230. The minimum atomic E-state index is -0.702. The summed E-state index contributed by atoms with van der Waals surface area (Å²) in [6.45, 7) is 0.330. The lowest BCUT2D eigenvalue weighted by Gasteiger charge is -2.22. The second-order valence-corrected chi connectivity index (χ2v) is 5.98. The molecule has 0 saturated heterocycles. The van der Waals surface area contributed by atoms with Gasteiger partial charge in [0.05, 0.1) is 6.10 Å². The summed E-state index contributed by atoms with van der Waals surface area (Å²) in [7, 11) is 0. The minimum absolute atomic E-state index is 0.230. The van der Waals surface area contributed by atoms with Gasteiger partial charge in [-0.2, -0.15) is 0 Å². The Hall–Kier alpha value is -0.750. The topological polar surface area (TPSA) is 59.1 Å². The molecule has 0 aliphatic heterocycles. The highest BCUT2D eigenvalue weighted by atomic mass is 79.9. The molecule has 0 amide bonds. The first-order chi connectivity index (χ1) is 9.13. The summed E-state index contributed by atoms with van der Waals surface area (Å²) in [4.78, 5) is 4.28. The number of rotatable bonds is 4. The summed E-state index contributed by atoms with van der Waals surface area (Å²) in [5.41, 5.74) is 7.40. The van der Waals surface area contributed by atoms with Crippen molar-refractivity contribution in [1.82, 2.24) is 4.98 Å². The Labute approximate surface area is 129 Å². The summed E-state index contributed by atoms with van der Waals surface area (Å²) in [6.07, 6.45) is 1.01. The molecule has 1 heterocycles. The molecule has 100 valence electrons. The van der Waals surface area contributed by atoms with Crippen LogP contribution in [0.25, 0.3) is 0 Å². The number of nitrogens with two attached hydrogens (primary N) is 1. The van der Waals surface area contributed by atoms with Crippen molar-refractivity contribution in [3.63, 3.8) is 0 Å². The van der Waals surface area contributed by atoms with Gasteiger partial charge in [0.25, 0.3) is 0 Å². The second-order valence-electron chi connectivity index (χ2n) is 4.21. The van der Waals surface area contributed by atoms with Crippen LogP contribution in [0.4, 0.5) is 0 Å². The van der Waals surface area contributed by atoms with Crippen molar-refractivity contribution in [2.75, 3.05) is 6.54 Å². The molecule has 1 aromatic carbocycles. The quantitative estimate of drug-likeness (QED) is 0.847. The number of hydrogen-bond donors (Lipinski definition) is 2. The van der Waals surface area contributed by atoms with E-state index in [1.807, 2.05) is 36.4 Å². The molecule has 19 heavy (non-hydrogen) atoms. The molecule has 0 radical (unpaired) electrons. The van der Waals surface area contributed by atoms with Crippen molar-refractivity contribution in [2.24, 2.45) is 5.73 Å². The molecule has 0 fully saturated rings. The molecule has 2 atom stereocenters. The average molecular weight is 386 g/mol. The zero-order valence-corrected chi connectivity index (χ0v) is 13.3. The zero-order chi connectivity index (χ0) is 13.8. The molecular formula is C14H14Br2N2O. The SMILES string of the molecule is NCC(c1ccccn1)C(O)c1cc(Br)ccc1Br. The first kappa shape index (κ1) is 14.7. The van der Waals surface area contributed by atoms with Crippen molar-refractivity contribution >= 4 is 31.9 Å². The molecule has 0 spiro atoms. The number of hydrogen-bond acceptors (Lipinski definition) is 3. The predicted octanol–water partition coefficient (Wildman–Crippen LogP) is 3.38. The van der Waals surface area contributed by atoms with Gasteiger partial charge in [-0.3, -0.25) is 4.98 Å². The van der Waals surface area contributed by atoms with Crippen molar-refractivity contribution < 1.29 is 5.11 Å². The number of pyridine rings is 1. The fraction of sp³-hybridized carbons (Fsp3) is 0.214. The number of aromatic nitrogens is 1. The second kappa shape index (κ2) is 6.61. The lowest BCUT2D eigenvalue weighted by molar-refractivity contribution is 0.145. The maximum Gasteiger partial charge on any atom is 0.0897 e. The molecule has 1 aromatic heterocycles. The van der Waals surface area contributed by atoms with E-state index in [2.05, 4.69) is 36.8 Å². The molecule has 0 aliphatic rings. The van der Waals surface area contributed by atoms with Gasteiger partial charge in [0.15, 0.2) is 0 Å². The van der Waals surface area contributed by atoms with Crippen molar-refractivity contribution in [1.29, 1.82) is 0 Å². The fourth-order valence-corrected chi connectivity index (χ4v) is 2.82. The van der Waals surface area contributed by atoms with E-state index in [-0.39, 0.29) is 5.92 Å². The van der Waals surface area contributed by atoms with E-state index < -0.39 is 6.10 Å². The Morgan fingerprint density at radius 3 is 2.63 bits per heavy atom. The smallest absolute Gasteiger partial charge is 0.0897 e. The van der Waals surface area contributed by atoms with Crippen LogP contribution in [0.2, 0.25) is 0 Å². The van der Waals surface area contributed by atoms with Gasteiger partial charge in [0.2, 0.25) is 0 Å². The molecule has 2 aromatic rings. The highest BCUT2D eigenvalue weighted by Gasteiger charge is 2.24. The van der Waals surface area contributed by atoms with E-state index in [1.165, 1.54) is 0 Å². The van der Waals surface area contributed by atoms with Gasteiger partial charge in [-0.1, -0.05) is 37.9 Å². The third kappa shape index (κ3) is 3.42. The van der Waals surface area contributed by atoms with Gasteiger partial charge in [-0.15, -0.1) is 0 Å². The number of benzene rings is 1. The van der Waals surface area contributed by atoms with E-state index in [1.54, 1.807) is 6.20 Å². The Kier molecular flexibility index (Phi) is 5.10. The molecule has 2 rings (SSSR count). The van der Waals surface area contributed by atoms with Crippen LogP contribution < -0.4 is 5.73 Å². The first-order valence-electron chi connectivity index (χ1n) is 5.87. The molecule has 3 N–H and O–H groups in total. The van der Waals surface area contributed by atoms with E-state index >= 15 is 0 Å². The number of aliphatic hydroxyl groups is 1. The normalized spacial score (nSPS) is 14.1. The lowest BCUT2D eigenvalue weighted by Crippen LogP contribution is -2.21. The van der Waals surface area contributed by atoms with E-state index in [0.717, 1.165) is 20.2 Å². The Morgan fingerprint density at radius 2 is 2.00 bits per heavy atom. The third-order valence-electron chi connectivity index (χ3n) is 2.98. The van der Waals surface area contributed by atoms with Gasteiger partial charge in [-0.05, 0) is 35.9 Å². The average Bonchev–Trinajstić information content (AvgIpc) is 2.43. The lowest BCUT2D eigenvalue weighted by atomic mass is 9.92. The van der Waals surface area contributed by atoms with E-state index in [9.17, 15) is 5.11 Å². The molecule has 2 unspecified atom stereocenters. The Morgan fingerprint density at radius 1 is 1.21 bits per heavy atom. The van der Waals surface area contributed by atoms with Gasteiger partial charge in [0.1, 0.15) is 0 Å².